The standard InChI is InChI=1S/C22H21F5O3S2/c1-13-10-14(2)20(15(3)11-13)21-19(28)12-16(30-22(21)29)8-9-31-17-4-6-18(7-5-17)32(23,24,25,26)27/h4-7,10-12,28H,8-9H2,1-3H3. The van der Waals surface area contributed by atoms with E-state index in [0.717, 1.165) is 40.6 Å². The number of aromatic hydroxyl groups is 1. The summed E-state index contributed by atoms with van der Waals surface area (Å²) in [6.07, 6.45) is 0.197. The van der Waals surface area contributed by atoms with E-state index in [-0.39, 0.29) is 23.5 Å². The van der Waals surface area contributed by atoms with Crippen LogP contribution in [0.1, 0.15) is 22.5 Å². The Labute approximate surface area is 186 Å². The molecule has 0 saturated carbocycles. The molecule has 10 heteroatoms. The van der Waals surface area contributed by atoms with Crippen LogP contribution in [0.5, 0.6) is 5.75 Å². The van der Waals surface area contributed by atoms with Crippen LogP contribution in [0.15, 0.2) is 61.5 Å². The summed E-state index contributed by atoms with van der Waals surface area (Å²) in [4.78, 5) is 11.0. The van der Waals surface area contributed by atoms with Gasteiger partial charge in [0.25, 0.3) is 0 Å². The number of hydrogen-bond donors (Lipinski definition) is 1. The maximum absolute atomic E-state index is 12.8. The third-order valence-electron chi connectivity index (χ3n) is 4.80. The lowest BCUT2D eigenvalue weighted by Crippen LogP contribution is -2.08. The molecule has 3 nitrogen and oxygen atoms in total. The van der Waals surface area contributed by atoms with Crippen LogP contribution < -0.4 is 5.63 Å². The fourth-order valence-corrected chi connectivity index (χ4v) is 5.04. The lowest BCUT2D eigenvalue weighted by atomic mass is 9.94. The van der Waals surface area contributed by atoms with Crippen molar-refractivity contribution in [3.63, 3.8) is 0 Å². The zero-order chi connectivity index (χ0) is 24.0. The van der Waals surface area contributed by atoms with E-state index < -0.39 is 20.7 Å². The Kier molecular flexibility index (Phi) is 5.71. The van der Waals surface area contributed by atoms with Gasteiger partial charge >= 0.3 is 15.8 Å². The Balaban J connectivity index is 1.75. The first-order valence-electron chi connectivity index (χ1n) is 9.46. The van der Waals surface area contributed by atoms with Crippen molar-refractivity contribution < 1.29 is 29.0 Å². The number of thioether (sulfide) groups is 1. The zero-order valence-electron chi connectivity index (χ0n) is 17.4. The predicted molar refractivity (Wildman–Crippen MR) is 119 cm³/mol. The van der Waals surface area contributed by atoms with Crippen molar-refractivity contribution in [3.8, 4) is 16.9 Å². The topological polar surface area (TPSA) is 50.4 Å². The van der Waals surface area contributed by atoms with Crippen LogP contribution in [-0.2, 0) is 6.42 Å². The van der Waals surface area contributed by atoms with Gasteiger partial charge in [-0.05, 0) is 61.7 Å². The van der Waals surface area contributed by atoms with E-state index in [0.29, 0.717) is 28.3 Å². The summed E-state index contributed by atoms with van der Waals surface area (Å²) in [7, 11) is -9.69. The van der Waals surface area contributed by atoms with E-state index in [9.17, 15) is 29.3 Å². The van der Waals surface area contributed by atoms with E-state index in [2.05, 4.69) is 0 Å². The quantitative estimate of drug-likeness (QED) is 0.280. The Hall–Kier alpha value is -2.46. The monoisotopic (exact) mass is 492 g/mol. The Morgan fingerprint density at radius 1 is 0.906 bits per heavy atom. The van der Waals surface area contributed by atoms with Crippen LogP contribution in [0.4, 0.5) is 19.4 Å². The second kappa shape index (κ2) is 7.55. The van der Waals surface area contributed by atoms with Crippen molar-refractivity contribution in [2.75, 3.05) is 5.75 Å². The molecule has 3 aromatic rings. The first kappa shape index (κ1) is 24.2. The highest BCUT2D eigenvalue weighted by atomic mass is 32.5. The Morgan fingerprint density at radius 3 is 1.97 bits per heavy atom. The van der Waals surface area contributed by atoms with Gasteiger partial charge in [0.05, 0.1) is 0 Å². The van der Waals surface area contributed by atoms with Crippen molar-refractivity contribution in [3.05, 3.63) is 75.3 Å². The summed E-state index contributed by atoms with van der Waals surface area (Å²) in [6, 6.07) is 7.79. The molecule has 0 spiro atoms. The minimum Gasteiger partial charge on any atom is -0.507 e. The third-order valence-corrected chi connectivity index (χ3v) is 6.97. The number of hydrogen-bond acceptors (Lipinski definition) is 4. The molecule has 174 valence electrons. The molecule has 0 aliphatic carbocycles. The van der Waals surface area contributed by atoms with Gasteiger partial charge in [0.15, 0.2) is 0 Å². The van der Waals surface area contributed by atoms with Gasteiger partial charge < -0.3 is 9.52 Å². The van der Waals surface area contributed by atoms with Gasteiger partial charge in [-0.1, -0.05) is 37.1 Å². The number of halogens is 5. The normalized spacial score (nSPS) is 14.1. The number of benzene rings is 2. The highest BCUT2D eigenvalue weighted by Gasteiger charge is 2.65. The molecule has 2 aromatic carbocycles. The first-order chi connectivity index (χ1) is 14.5. The summed E-state index contributed by atoms with van der Waals surface area (Å²) in [6.45, 7) is 5.59. The lowest BCUT2D eigenvalue weighted by Gasteiger charge is -2.40. The van der Waals surface area contributed by atoms with E-state index >= 15 is 0 Å². The summed E-state index contributed by atoms with van der Waals surface area (Å²) < 4.78 is 69.2. The second-order valence-corrected chi connectivity index (χ2v) is 11.2. The summed E-state index contributed by atoms with van der Waals surface area (Å²) >= 11 is 1.11. The molecule has 0 fully saturated rings. The van der Waals surface area contributed by atoms with Crippen LogP contribution >= 0.6 is 22.0 Å². The molecule has 0 atom stereocenters. The van der Waals surface area contributed by atoms with Gasteiger partial charge in [-0.3, -0.25) is 0 Å². The van der Waals surface area contributed by atoms with Gasteiger partial charge in [0.1, 0.15) is 22.0 Å². The Morgan fingerprint density at radius 2 is 1.47 bits per heavy atom. The molecule has 0 unspecified atom stereocenters. The fourth-order valence-electron chi connectivity index (χ4n) is 3.52. The smallest absolute Gasteiger partial charge is 0.347 e. The van der Waals surface area contributed by atoms with Crippen molar-refractivity contribution in [2.24, 2.45) is 0 Å². The van der Waals surface area contributed by atoms with Crippen molar-refractivity contribution >= 4 is 22.0 Å². The molecular formula is C22H21F5O3S2. The maximum Gasteiger partial charge on any atom is 0.347 e. The molecule has 0 bridgehead atoms. The minimum absolute atomic E-state index is 0.0722. The van der Waals surface area contributed by atoms with Gasteiger partial charge in [0, 0.05) is 23.1 Å². The van der Waals surface area contributed by atoms with E-state index in [1.807, 2.05) is 32.9 Å². The summed E-state index contributed by atoms with van der Waals surface area (Å²) in [5.41, 5.74) is 2.65. The first-order valence-corrected chi connectivity index (χ1v) is 12.4. The Bertz CT molecular complexity index is 1210. The number of rotatable bonds is 6. The van der Waals surface area contributed by atoms with Crippen molar-refractivity contribution in [1.82, 2.24) is 0 Å². The van der Waals surface area contributed by atoms with E-state index in [1.54, 1.807) is 0 Å². The van der Waals surface area contributed by atoms with Crippen LogP contribution in [0, 0.1) is 20.8 Å². The lowest BCUT2D eigenvalue weighted by molar-refractivity contribution is 0.364. The minimum atomic E-state index is -9.69. The molecule has 1 N–H and O–H groups in total. The molecule has 0 saturated heterocycles. The van der Waals surface area contributed by atoms with Crippen LogP contribution in [0.2, 0.25) is 0 Å². The van der Waals surface area contributed by atoms with E-state index in [4.69, 9.17) is 4.42 Å². The largest absolute Gasteiger partial charge is 0.507 e. The van der Waals surface area contributed by atoms with Crippen LogP contribution in [0.25, 0.3) is 11.1 Å². The average Bonchev–Trinajstić information content (AvgIpc) is 2.61. The number of aryl methyl sites for hydroxylation is 4. The molecular weight excluding hydrogens is 471 g/mol. The van der Waals surface area contributed by atoms with Crippen LogP contribution in [0.3, 0.4) is 0 Å². The molecule has 32 heavy (non-hydrogen) atoms. The molecule has 1 aromatic heterocycles. The van der Waals surface area contributed by atoms with Gasteiger partial charge in [-0.25, -0.2) is 4.79 Å². The molecule has 0 radical (unpaired) electrons. The highest BCUT2D eigenvalue weighted by Crippen LogP contribution is 3.02. The third kappa shape index (κ3) is 5.47. The highest BCUT2D eigenvalue weighted by molar-refractivity contribution is 8.45. The summed E-state index contributed by atoms with van der Waals surface area (Å²) in [5, 5.41) is 10.5. The van der Waals surface area contributed by atoms with Crippen molar-refractivity contribution in [2.45, 2.75) is 37.0 Å². The molecule has 0 aliphatic rings. The SMILES string of the molecule is Cc1cc(C)c(-c2c(O)cc(CCSc3ccc(S(F)(F)(F)(F)F)cc3)oc2=O)c(C)c1. The van der Waals surface area contributed by atoms with Gasteiger partial charge in [0.2, 0.25) is 0 Å². The van der Waals surface area contributed by atoms with E-state index in [1.165, 1.54) is 6.07 Å². The average molecular weight is 493 g/mol. The second-order valence-electron chi connectivity index (χ2n) is 7.57. The zero-order valence-corrected chi connectivity index (χ0v) is 19.1. The fraction of sp³-hybridized carbons (Fsp3) is 0.227. The predicted octanol–water partition coefficient (Wildman–Crippen LogP) is 7.93. The van der Waals surface area contributed by atoms with Gasteiger partial charge in [-0.15, -0.1) is 11.8 Å². The van der Waals surface area contributed by atoms with Crippen molar-refractivity contribution in [1.29, 1.82) is 0 Å². The van der Waals surface area contributed by atoms with Crippen LogP contribution in [-0.4, -0.2) is 10.9 Å². The molecule has 1 heterocycles. The maximum atomic E-state index is 12.8. The molecule has 0 aliphatic heterocycles. The van der Waals surface area contributed by atoms with Gasteiger partial charge in [-0.2, -0.15) is 0 Å². The molecule has 3 rings (SSSR count). The summed E-state index contributed by atoms with van der Waals surface area (Å²) in [5.74, 6) is 0.270. The molecule has 0 amide bonds.